The molecule has 0 N–H and O–H groups in total. The molecule has 0 amide bonds. The fourth-order valence-corrected chi connectivity index (χ4v) is 1.51. The maximum Gasteiger partial charge on any atom is 0.337 e. The van der Waals surface area contributed by atoms with E-state index in [1.165, 1.54) is 24.9 Å². The highest BCUT2D eigenvalue weighted by Crippen LogP contribution is 2.19. The summed E-state index contributed by atoms with van der Waals surface area (Å²) in [6.07, 6.45) is 1.89. The van der Waals surface area contributed by atoms with Gasteiger partial charge in [0, 0.05) is 4.90 Å². The number of carbonyl (C=O) groups excluding carboxylic acids is 1. The number of esters is 1. The van der Waals surface area contributed by atoms with Gasteiger partial charge < -0.3 is 4.74 Å². The standard InChI is InChI=1S/C10H9NO2S/c1-13-10(12)8-3-7(6-11)4-9(5-8)14-2/h3-5H,1-2H3. The second kappa shape index (κ2) is 4.68. The lowest BCUT2D eigenvalue weighted by Crippen LogP contribution is -2.01. The lowest BCUT2D eigenvalue weighted by molar-refractivity contribution is 0.0600. The van der Waals surface area contributed by atoms with Gasteiger partial charge in [0.2, 0.25) is 0 Å². The molecule has 0 aliphatic heterocycles. The molecule has 0 saturated heterocycles. The van der Waals surface area contributed by atoms with Gasteiger partial charge in [-0.2, -0.15) is 5.26 Å². The number of hydrogen-bond acceptors (Lipinski definition) is 4. The van der Waals surface area contributed by atoms with Crippen LogP contribution in [0.15, 0.2) is 23.1 Å². The molecule has 0 aliphatic rings. The molecule has 0 atom stereocenters. The normalized spacial score (nSPS) is 9.21. The molecule has 4 heteroatoms. The van der Waals surface area contributed by atoms with Crippen LogP contribution in [0.5, 0.6) is 0 Å². The molecule has 1 aromatic rings. The summed E-state index contributed by atoms with van der Waals surface area (Å²) in [6, 6.07) is 6.96. The lowest BCUT2D eigenvalue weighted by Gasteiger charge is -2.02. The Bertz CT molecular complexity index is 396. The fourth-order valence-electron chi connectivity index (χ4n) is 1.02. The van der Waals surface area contributed by atoms with Crippen molar-refractivity contribution in [2.24, 2.45) is 0 Å². The second-order valence-electron chi connectivity index (χ2n) is 2.55. The summed E-state index contributed by atoms with van der Waals surface area (Å²) < 4.78 is 4.58. The van der Waals surface area contributed by atoms with Gasteiger partial charge in [0.1, 0.15) is 0 Å². The van der Waals surface area contributed by atoms with Crippen LogP contribution in [0.1, 0.15) is 15.9 Å². The van der Waals surface area contributed by atoms with Gasteiger partial charge in [-0.05, 0) is 24.5 Å². The predicted molar refractivity (Wildman–Crippen MR) is 54.3 cm³/mol. The highest BCUT2D eigenvalue weighted by Gasteiger charge is 2.07. The zero-order valence-corrected chi connectivity index (χ0v) is 8.72. The number of thioether (sulfide) groups is 1. The van der Waals surface area contributed by atoms with Gasteiger partial charge in [0.05, 0.1) is 24.3 Å². The van der Waals surface area contributed by atoms with Crippen LogP contribution in [0.25, 0.3) is 0 Å². The third-order valence-electron chi connectivity index (χ3n) is 1.69. The summed E-state index contributed by atoms with van der Waals surface area (Å²) in [5.74, 6) is -0.419. The van der Waals surface area contributed by atoms with E-state index < -0.39 is 5.97 Å². The van der Waals surface area contributed by atoms with Gasteiger partial charge in [0.15, 0.2) is 0 Å². The van der Waals surface area contributed by atoms with Crippen LogP contribution in [0, 0.1) is 11.3 Å². The number of carbonyl (C=O) groups is 1. The van der Waals surface area contributed by atoms with Crippen molar-refractivity contribution in [1.29, 1.82) is 5.26 Å². The Balaban J connectivity index is 3.19. The highest BCUT2D eigenvalue weighted by molar-refractivity contribution is 7.98. The van der Waals surface area contributed by atoms with E-state index in [1.807, 2.05) is 12.3 Å². The summed E-state index contributed by atoms with van der Waals surface area (Å²) >= 11 is 1.48. The molecule has 1 aromatic carbocycles. The summed E-state index contributed by atoms with van der Waals surface area (Å²) in [5, 5.41) is 8.73. The van der Waals surface area contributed by atoms with Gasteiger partial charge >= 0.3 is 5.97 Å². The van der Waals surface area contributed by atoms with Gasteiger partial charge in [0.25, 0.3) is 0 Å². The van der Waals surface area contributed by atoms with Crippen molar-refractivity contribution < 1.29 is 9.53 Å². The predicted octanol–water partition coefficient (Wildman–Crippen LogP) is 2.07. The van der Waals surface area contributed by atoms with Crippen LogP contribution in [0.3, 0.4) is 0 Å². The zero-order valence-electron chi connectivity index (χ0n) is 7.90. The van der Waals surface area contributed by atoms with E-state index in [2.05, 4.69) is 4.74 Å². The van der Waals surface area contributed by atoms with E-state index in [-0.39, 0.29) is 0 Å². The van der Waals surface area contributed by atoms with Crippen molar-refractivity contribution in [2.75, 3.05) is 13.4 Å². The number of benzene rings is 1. The number of nitriles is 1. The first-order chi connectivity index (χ1) is 6.71. The van der Waals surface area contributed by atoms with Crippen molar-refractivity contribution in [3.05, 3.63) is 29.3 Å². The minimum Gasteiger partial charge on any atom is -0.465 e. The molecule has 0 radical (unpaired) electrons. The van der Waals surface area contributed by atoms with E-state index in [9.17, 15) is 4.79 Å². The van der Waals surface area contributed by atoms with Crippen LogP contribution in [-0.2, 0) is 4.74 Å². The molecule has 3 nitrogen and oxygen atoms in total. The molecular formula is C10H9NO2S. The number of hydrogen-bond donors (Lipinski definition) is 0. The van der Waals surface area contributed by atoms with Gasteiger partial charge in [-0.1, -0.05) is 0 Å². The van der Waals surface area contributed by atoms with Crippen LogP contribution >= 0.6 is 11.8 Å². The summed E-state index contributed by atoms with van der Waals surface area (Å²) in [5.41, 5.74) is 0.883. The Morgan fingerprint density at radius 1 is 1.50 bits per heavy atom. The van der Waals surface area contributed by atoms with Crippen LogP contribution < -0.4 is 0 Å². The van der Waals surface area contributed by atoms with Crippen LogP contribution in [-0.4, -0.2) is 19.3 Å². The van der Waals surface area contributed by atoms with E-state index in [1.54, 1.807) is 12.1 Å². The van der Waals surface area contributed by atoms with E-state index in [4.69, 9.17) is 5.26 Å². The van der Waals surface area contributed by atoms with Crippen molar-refractivity contribution in [1.82, 2.24) is 0 Å². The maximum absolute atomic E-state index is 11.2. The van der Waals surface area contributed by atoms with E-state index >= 15 is 0 Å². The van der Waals surface area contributed by atoms with Crippen molar-refractivity contribution in [3.8, 4) is 6.07 Å². The molecule has 0 aromatic heterocycles. The van der Waals surface area contributed by atoms with Crippen LogP contribution in [0.2, 0.25) is 0 Å². The molecule has 0 spiro atoms. The SMILES string of the molecule is COC(=O)c1cc(C#N)cc(SC)c1. The first kappa shape index (κ1) is 10.6. The molecule has 0 fully saturated rings. The number of nitrogens with zero attached hydrogens (tertiary/aromatic N) is 1. The minimum absolute atomic E-state index is 0.413. The Hall–Kier alpha value is -1.47. The number of rotatable bonds is 2. The van der Waals surface area contributed by atoms with Crippen molar-refractivity contribution in [3.63, 3.8) is 0 Å². The highest BCUT2D eigenvalue weighted by atomic mass is 32.2. The lowest BCUT2D eigenvalue weighted by atomic mass is 10.1. The zero-order chi connectivity index (χ0) is 10.6. The van der Waals surface area contributed by atoms with Crippen molar-refractivity contribution in [2.45, 2.75) is 4.90 Å². The molecule has 0 unspecified atom stereocenters. The molecule has 1 rings (SSSR count). The van der Waals surface area contributed by atoms with Crippen molar-refractivity contribution >= 4 is 17.7 Å². The average Bonchev–Trinajstić information content (AvgIpc) is 2.27. The molecule has 72 valence electrons. The Morgan fingerprint density at radius 3 is 2.71 bits per heavy atom. The molecule has 0 bridgehead atoms. The third-order valence-corrected chi connectivity index (χ3v) is 2.40. The first-order valence-electron chi connectivity index (χ1n) is 3.88. The average molecular weight is 207 g/mol. The number of methoxy groups -OCH3 is 1. The largest absolute Gasteiger partial charge is 0.465 e. The molecule has 14 heavy (non-hydrogen) atoms. The third kappa shape index (κ3) is 2.27. The second-order valence-corrected chi connectivity index (χ2v) is 3.43. The van der Waals surface area contributed by atoms with Gasteiger partial charge in [-0.15, -0.1) is 11.8 Å². The van der Waals surface area contributed by atoms with E-state index in [0.717, 1.165) is 4.90 Å². The molecule has 0 heterocycles. The fraction of sp³-hybridized carbons (Fsp3) is 0.200. The Kier molecular flexibility index (Phi) is 3.55. The maximum atomic E-state index is 11.2. The smallest absolute Gasteiger partial charge is 0.337 e. The number of ether oxygens (including phenoxy) is 1. The Morgan fingerprint density at radius 2 is 2.21 bits per heavy atom. The monoisotopic (exact) mass is 207 g/mol. The van der Waals surface area contributed by atoms with Gasteiger partial charge in [-0.3, -0.25) is 0 Å². The molecular weight excluding hydrogens is 198 g/mol. The topological polar surface area (TPSA) is 50.1 Å². The van der Waals surface area contributed by atoms with E-state index in [0.29, 0.717) is 11.1 Å². The van der Waals surface area contributed by atoms with Crippen LogP contribution in [0.4, 0.5) is 0 Å². The minimum atomic E-state index is -0.419. The quantitative estimate of drug-likeness (QED) is 0.550. The first-order valence-corrected chi connectivity index (χ1v) is 5.11. The molecule has 0 saturated carbocycles. The van der Waals surface area contributed by atoms with Gasteiger partial charge in [-0.25, -0.2) is 4.79 Å². The summed E-state index contributed by atoms with van der Waals surface area (Å²) in [7, 11) is 1.32. The summed E-state index contributed by atoms with van der Waals surface area (Å²) in [6.45, 7) is 0. The Labute approximate surface area is 86.7 Å². The summed E-state index contributed by atoms with van der Waals surface area (Å²) in [4.78, 5) is 12.1. The molecule has 0 aliphatic carbocycles.